The van der Waals surface area contributed by atoms with Crippen LogP contribution in [-0.2, 0) is 27.6 Å². The van der Waals surface area contributed by atoms with Crippen LogP contribution in [0.1, 0.15) is 11.1 Å². The normalized spacial score (nSPS) is 11.7. The van der Waals surface area contributed by atoms with Crippen molar-refractivity contribution in [2.45, 2.75) is 17.6 Å². The summed E-state index contributed by atoms with van der Waals surface area (Å²) in [6.07, 6.45) is -4.71. The number of rotatable bonds is 9. The van der Waals surface area contributed by atoms with Crippen LogP contribution in [0.4, 0.5) is 28.0 Å². The standard InChI is InChI=1S/C24H22F4N2O5S/c1-34-13-12-30(23(31)29-20-6-3-5-19(25)15-20)16-17-8-10-21(11-9-17)35-36(32,33)22-7-2-4-18(14-22)24(26,27)28/h2-11,14-15H,12-13,16H2,1H3,(H,29,31). The number of halogens is 4. The van der Waals surface area contributed by atoms with Crippen molar-refractivity contribution in [3.05, 3.63) is 89.7 Å². The smallest absolute Gasteiger partial charge is 0.383 e. The average molecular weight is 527 g/mol. The van der Waals surface area contributed by atoms with Gasteiger partial charge in [-0.3, -0.25) is 0 Å². The topological polar surface area (TPSA) is 84.9 Å². The third-order valence-corrected chi connectivity index (χ3v) is 6.12. The molecule has 0 bridgehead atoms. The molecule has 3 rings (SSSR count). The number of hydrogen-bond acceptors (Lipinski definition) is 5. The second kappa shape index (κ2) is 11.4. The van der Waals surface area contributed by atoms with Gasteiger partial charge in [0.25, 0.3) is 0 Å². The summed E-state index contributed by atoms with van der Waals surface area (Å²) in [7, 11) is -3.05. The van der Waals surface area contributed by atoms with Gasteiger partial charge in [0.1, 0.15) is 16.5 Å². The number of carbonyl (C=O) groups is 1. The van der Waals surface area contributed by atoms with Gasteiger partial charge in [-0.05, 0) is 54.1 Å². The summed E-state index contributed by atoms with van der Waals surface area (Å²) < 4.78 is 87.1. The maximum atomic E-state index is 13.4. The first kappa shape index (κ1) is 27.0. The highest BCUT2D eigenvalue weighted by Crippen LogP contribution is 2.31. The minimum absolute atomic E-state index is 0.102. The van der Waals surface area contributed by atoms with Crippen LogP contribution in [0.3, 0.4) is 0 Å². The van der Waals surface area contributed by atoms with E-state index in [0.717, 1.165) is 18.2 Å². The molecule has 7 nitrogen and oxygen atoms in total. The molecular formula is C24H22F4N2O5S. The van der Waals surface area contributed by atoms with Crippen molar-refractivity contribution in [3.63, 3.8) is 0 Å². The van der Waals surface area contributed by atoms with Crippen LogP contribution < -0.4 is 9.50 Å². The number of nitrogens with zero attached hydrogens (tertiary/aromatic N) is 1. The highest BCUT2D eigenvalue weighted by molar-refractivity contribution is 7.87. The van der Waals surface area contributed by atoms with Gasteiger partial charge < -0.3 is 19.1 Å². The van der Waals surface area contributed by atoms with E-state index in [9.17, 15) is 30.8 Å². The largest absolute Gasteiger partial charge is 0.416 e. The summed E-state index contributed by atoms with van der Waals surface area (Å²) in [5.74, 6) is -0.629. The fraction of sp³-hybridized carbons (Fsp3) is 0.208. The number of carbonyl (C=O) groups excluding carboxylic acids is 1. The summed E-state index contributed by atoms with van der Waals surface area (Å²) in [5, 5.41) is 2.60. The number of benzene rings is 3. The Balaban J connectivity index is 1.71. The Hall–Kier alpha value is -3.64. The van der Waals surface area contributed by atoms with Crippen molar-refractivity contribution in [1.29, 1.82) is 0 Å². The molecule has 36 heavy (non-hydrogen) atoms. The molecule has 0 aliphatic carbocycles. The quantitative estimate of drug-likeness (QED) is 0.303. The van der Waals surface area contributed by atoms with Crippen molar-refractivity contribution in [1.82, 2.24) is 4.90 Å². The van der Waals surface area contributed by atoms with Gasteiger partial charge in [0.15, 0.2) is 0 Å². The Kier molecular flexibility index (Phi) is 8.53. The first-order valence-corrected chi connectivity index (χ1v) is 11.9. The lowest BCUT2D eigenvalue weighted by Crippen LogP contribution is -2.36. The molecule has 0 aliphatic rings. The molecule has 0 radical (unpaired) electrons. The van der Waals surface area contributed by atoms with Crippen LogP contribution in [0, 0.1) is 5.82 Å². The number of anilines is 1. The van der Waals surface area contributed by atoms with E-state index in [1.54, 1.807) is 0 Å². The van der Waals surface area contributed by atoms with E-state index in [2.05, 4.69) is 5.32 Å². The molecule has 0 heterocycles. The summed E-state index contributed by atoms with van der Waals surface area (Å²) in [4.78, 5) is 13.5. The Morgan fingerprint density at radius 3 is 2.33 bits per heavy atom. The molecule has 0 aliphatic heterocycles. The van der Waals surface area contributed by atoms with E-state index in [-0.39, 0.29) is 31.1 Å². The lowest BCUT2D eigenvalue weighted by molar-refractivity contribution is -0.137. The molecular weight excluding hydrogens is 504 g/mol. The van der Waals surface area contributed by atoms with E-state index in [4.69, 9.17) is 8.92 Å². The molecule has 0 aromatic heterocycles. The Bertz CT molecular complexity index is 1300. The molecule has 0 atom stereocenters. The highest BCUT2D eigenvalue weighted by Gasteiger charge is 2.32. The number of amides is 2. The number of methoxy groups -OCH3 is 1. The van der Waals surface area contributed by atoms with Gasteiger partial charge in [0.05, 0.1) is 12.2 Å². The van der Waals surface area contributed by atoms with Crippen LogP contribution in [0.25, 0.3) is 0 Å². The highest BCUT2D eigenvalue weighted by atomic mass is 32.2. The van der Waals surface area contributed by atoms with Gasteiger partial charge in [-0.25, -0.2) is 9.18 Å². The Morgan fingerprint density at radius 1 is 1.00 bits per heavy atom. The van der Waals surface area contributed by atoms with Gasteiger partial charge in [-0.1, -0.05) is 24.3 Å². The summed E-state index contributed by atoms with van der Waals surface area (Å²) in [6.45, 7) is 0.540. The number of ether oxygens (including phenoxy) is 1. The van der Waals surface area contributed by atoms with E-state index < -0.39 is 38.6 Å². The van der Waals surface area contributed by atoms with Crippen molar-refractivity contribution >= 4 is 21.8 Å². The molecule has 3 aromatic rings. The maximum Gasteiger partial charge on any atom is 0.416 e. The fourth-order valence-electron chi connectivity index (χ4n) is 3.10. The lowest BCUT2D eigenvalue weighted by Gasteiger charge is -2.23. The molecule has 0 fully saturated rings. The van der Waals surface area contributed by atoms with Crippen LogP contribution in [0.5, 0.6) is 5.75 Å². The van der Waals surface area contributed by atoms with Gasteiger partial charge in [0.2, 0.25) is 0 Å². The molecule has 12 heteroatoms. The molecule has 2 amide bonds. The average Bonchev–Trinajstić information content (AvgIpc) is 2.82. The zero-order valence-corrected chi connectivity index (χ0v) is 19.8. The molecule has 3 aromatic carbocycles. The summed E-state index contributed by atoms with van der Waals surface area (Å²) in [6, 6.07) is 13.8. The molecule has 0 saturated carbocycles. The molecule has 0 unspecified atom stereocenters. The van der Waals surface area contributed by atoms with Gasteiger partial charge in [0, 0.05) is 25.9 Å². The third-order valence-electron chi connectivity index (χ3n) is 4.88. The van der Waals surface area contributed by atoms with Crippen molar-refractivity contribution < 1.29 is 39.7 Å². The minimum Gasteiger partial charge on any atom is -0.383 e. The lowest BCUT2D eigenvalue weighted by atomic mass is 10.2. The van der Waals surface area contributed by atoms with Crippen LogP contribution in [-0.4, -0.2) is 39.6 Å². The number of nitrogens with one attached hydrogen (secondary N) is 1. The van der Waals surface area contributed by atoms with E-state index >= 15 is 0 Å². The van der Waals surface area contributed by atoms with Crippen molar-refractivity contribution in [3.8, 4) is 5.75 Å². The SMILES string of the molecule is COCCN(Cc1ccc(OS(=O)(=O)c2cccc(C(F)(F)F)c2)cc1)C(=O)Nc1cccc(F)c1. The zero-order valence-electron chi connectivity index (χ0n) is 19.0. The zero-order chi connectivity index (χ0) is 26.3. The molecule has 0 spiro atoms. The molecule has 0 saturated heterocycles. The van der Waals surface area contributed by atoms with Crippen LogP contribution in [0.15, 0.2) is 77.7 Å². The first-order valence-electron chi connectivity index (χ1n) is 10.5. The Morgan fingerprint density at radius 2 is 1.69 bits per heavy atom. The summed E-state index contributed by atoms with van der Waals surface area (Å²) >= 11 is 0. The predicted octanol–water partition coefficient (Wildman–Crippen LogP) is 5.29. The van der Waals surface area contributed by atoms with E-state index in [1.165, 1.54) is 60.5 Å². The fourth-order valence-corrected chi connectivity index (χ4v) is 4.07. The van der Waals surface area contributed by atoms with Gasteiger partial charge in [-0.15, -0.1) is 0 Å². The summed E-state index contributed by atoms with van der Waals surface area (Å²) in [5.41, 5.74) is -0.245. The monoisotopic (exact) mass is 526 g/mol. The van der Waals surface area contributed by atoms with E-state index in [0.29, 0.717) is 11.6 Å². The predicted molar refractivity (Wildman–Crippen MR) is 123 cm³/mol. The number of urea groups is 1. The number of alkyl halides is 3. The number of hydrogen-bond donors (Lipinski definition) is 1. The van der Waals surface area contributed by atoms with Crippen LogP contribution in [0.2, 0.25) is 0 Å². The first-order chi connectivity index (χ1) is 17.0. The van der Waals surface area contributed by atoms with Gasteiger partial charge >= 0.3 is 22.3 Å². The second-order valence-corrected chi connectivity index (χ2v) is 9.11. The maximum absolute atomic E-state index is 13.4. The second-order valence-electron chi connectivity index (χ2n) is 7.56. The molecule has 1 N–H and O–H groups in total. The third kappa shape index (κ3) is 7.43. The minimum atomic E-state index is -4.71. The van der Waals surface area contributed by atoms with Gasteiger partial charge in [-0.2, -0.15) is 21.6 Å². The Labute approximate surface area is 205 Å². The molecule has 192 valence electrons. The van der Waals surface area contributed by atoms with Crippen molar-refractivity contribution in [2.24, 2.45) is 0 Å². The van der Waals surface area contributed by atoms with Crippen molar-refractivity contribution in [2.75, 3.05) is 25.6 Å². The van der Waals surface area contributed by atoms with E-state index in [1.807, 2.05) is 0 Å². The van der Waals surface area contributed by atoms with Crippen LogP contribution >= 0.6 is 0 Å².